The second-order valence-corrected chi connectivity index (χ2v) is 3.68. The second kappa shape index (κ2) is 5.97. The van der Waals surface area contributed by atoms with Gasteiger partial charge in [-0.2, -0.15) is 13.2 Å². The molecule has 1 atom stereocenters. The number of aromatic nitrogens is 1. The molecule has 0 fully saturated rings. The summed E-state index contributed by atoms with van der Waals surface area (Å²) in [7, 11) is 0. The number of aliphatic hydroxyl groups excluding tert-OH is 1. The molecule has 6 heteroatoms. The first-order chi connectivity index (χ1) is 7.96. The number of halogens is 3. The number of hydrogen-bond donors (Lipinski definition) is 2. The highest BCUT2D eigenvalue weighted by Crippen LogP contribution is 2.33. The molecule has 3 nitrogen and oxygen atoms in total. The lowest BCUT2D eigenvalue weighted by Crippen LogP contribution is -2.24. The van der Waals surface area contributed by atoms with Gasteiger partial charge in [-0.05, 0) is 19.0 Å². The minimum absolute atomic E-state index is 0.0859. The van der Waals surface area contributed by atoms with E-state index in [0.717, 1.165) is 24.9 Å². The molecule has 0 radical (unpaired) electrons. The van der Waals surface area contributed by atoms with Crippen LogP contribution in [0.3, 0.4) is 0 Å². The van der Waals surface area contributed by atoms with Crippen LogP contribution in [0, 0.1) is 0 Å². The van der Waals surface area contributed by atoms with Crippen LogP contribution >= 0.6 is 0 Å². The molecule has 2 N–H and O–H groups in total. The number of pyridine rings is 1. The molecule has 0 amide bonds. The number of rotatable bonds is 5. The summed E-state index contributed by atoms with van der Waals surface area (Å²) in [5.41, 5.74) is -1.03. The molecule has 96 valence electrons. The number of alkyl halides is 3. The molecule has 0 aliphatic heterocycles. The van der Waals surface area contributed by atoms with Crippen molar-refractivity contribution in [2.24, 2.45) is 0 Å². The number of hydrogen-bond acceptors (Lipinski definition) is 3. The van der Waals surface area contributed by atoms with Crippen molar-refractivity contribution in [2.45, 2.75) is 25.6 Å². The highest BCUT2D eigenvalue weighted by atomic mass is 19.4. The maximum absolute atomic E-state index is 12.6. The Labute approximate surface area is 97.7 Å². The molecule has 1 aromatic rings. The van der Waals surface area contributed by atoms with Gasteiger partial charge in [-0.1, -0.05) is 6.92 Å². The standard InChI is InChI=1S/C11H15F3N2O/c1-2-4-15-7-10(17)8-6-16-5-3-9(8)11(12,13)14/h3,5-6,10,15,17H,2,4,7H2,1H3. The first kappa shape index (κ1) is 13.9. The third-order valence-corrected chi connectivity index (χ3v) is 2.28. The lowest BCUT2D eigenvalue weighted by molar-refractivity contribution is -0.139. The lowest BCUT2D eigenvalue weighted by Gasteiger charge is -2.17. The first-order valence-electron chi connectivity index (χ1n) is 5.36. The third-order valence-electron chi connectivity index (χ3n) is 2.28. The van der Waals surface area contributed by atoms with E-state index in [2.05, 4.69) is 10.3 Å². The molecule has 1 aromatic heterocycles. The molecule has 1 heterocycles. The average molecular weight is 248 g/mol. The van der Waals surface area contributed by atoms with Crippen LogP contribution in [0.2, 0.25) is 0 Å². The maximum Gasteiger partial charge on any atom is 0.416 e. The monoisotopic (exact) mass is 248 g/mol. The van der Waals surface area contributed by atoms with Crippen molar-refractivity contribution < 1.29 is 18.3 Å². The molecule has 0 spiro atoms. The van der Waals surface area contributed by atoms with Crippen LogP contribution in [0.4, 0.5) is 13.2 Å². The van der Waals surface area contributed by atoms with E-state index in [1.165, 1.54) is 0 Å². The van der Waals surface area contributed by atoms with E-state index in [9.17, 15) is 18.3 Å². The molecule has 0 aromatic carbocycles. The van der Waals surface area contributed by atoms with E-state index in [1.54, 1.807) is 0 Å². The molecule has 17 heavy (non-hydrogen) atoms. The first-order valence-corrected chi connectivity index (χ1v) is 5.36. The summed E-state index contributed by atoms with van der Waals surface area (Å²) in [6.07, 6.45) is -2.69. The summed E-state index contributed by atoms with van der Waals surface area (Å²) in [5.74, 6) is 0. The highest BCUT2D eigenvalue weighted by Gasteiger charge is 2.34. The Morgan fingerprint density at radius 3 is 2.76 bits per heavy atom. The van der Waals surface area contributed by atoms with E-state index in [0.29, 0.717) is 6.54 Å². The van der Waals surface area contributed by atoms with Crippen molar-refractivity contribution >= 4 is 0 Å². The molecule has 0 saturated carbocycles. The fourth-order valence-electron chi connectivity index (χ4n) is 1.46. The van der Waals surface area contributed by atoms with Gasteiger partial charge in [0.05, 0.1) is 11.7 Å². The predicted octanol–water partition coefficient (Wildman–Crippen LogP) is 2.13. The highest BCUT2D eigenvalue weighted by molar-refractivity contribution is 5.28. The van der Waals surface area contributed by atoms with Gasteiger partial charge in [-0.3, -0.25) is 4.98 Å². The van der Waals surface area contributed by atoms with E-state index in [4.69, 9.17) is 0 Å². The molecular formula is C11H15F3N2O. The molecule has 0 bridgehead atoms. The number of aliphatic hydroxyl groups is 1. The molecule has 0 aliphatic carbocycles. The molecule has 1 rings (SSSR count). The molecule has 0 saturated heterocycles. The normalized spacial score (nSPS) is 13.7. The van der Waals surface area contributed by atoms with Crippen molar-refractivity contribution in [3.8, 4) is 0 Å². The molecule has 1 unspecified atom stereocenters. The van der Waals surface area contributed by atoms with Crippen LogP contribution in [0.25, 0.3) is 0 Å². The Morgan fingerprint density at radius 2 is 2.18 bits per heavy atom. The second-order valence-electron chi connectivity index (χ2n) is 3.68. The van der Waals surface area contributed by atoms with Crippen molar-refractivity contribution in [1.82, 2.24) is 10.3 Å². The predicted molar refractivity (Wildman–Crippen MR) is 57.4 cm³/mol. The van der Waals surface area contributed by atoms with Gasteiger partial charge in [0.2, 0.25) is 0 Å². The summed E-state index contributed by atoms with van der Waals surface area (Å²) in [4.78, 5) is 3.62. The van der Waals surface area contributed by atoms with Crippen LogP contribution in [-0.4, -0.2) is 23.2 Å². The Morgan fingerprint density at radius 1 is 1.47 bits per heavy atom. The minimum Gasteiger partial charge on any atom is -0.387 e. The largest absolute Gasteiger partial charge is 0.416 e. The van der Waals surface area contributed by atoms with Gasteiger partial charge < -0.3 is 10.4 Å². The lowest BCUT2D eigenvalue weighted by atomic mass is 10.0. The topological polar surface area (TPSA) is 45.1 Å². The number of nitrogens with zero attached hydrogens (tertiary/aromatic N) is 1. The summed E-state index contributed by atoms with van der Waals surface area (Å²) >= 11 is 0. The van der Waals surface area contributed by atoms with Gasteiger partial charge in [-0.15, -0.1) is 0 Å². The SMILES string of the molecule is CCCNCC(O)c1cnccc1C(F)(F)F. The summed E-state index contributed by atoms with van der Waals surface area (Å²) in [6, 6.07) is 0.873. The fraction of sp³-hybridized carbons (Fsp3) is 0.545. The summed E-state index contributed by atoms with van der Waals surface area (Å²) in [5, 5.41) is 12.6. The van der Waals surface area contributed by atoms with Crippen LogP contribution < -0.4 is 5.32 Å². The van der Waals surface area contributed by atoms with Gasteiger partial charge in [0.1, 0.15) is 0 Å². The van der Waals surface area contributed by atoms with Gasteiger partial charge >= 0.3 is 6.18 Å². The van der Waals surface area contributed by atoms with Gasteiger partial charge in [0.15, 0.2) is 0 Å². The summed E-state index contributed by atoms with van der Waals surface area (Å²) < 4.78 is 37.9. The maximum atomic E-state index is 12.6. The Balaban J connectivity index is 2.82. The van der Waals surface area contributed by atoms with Crippen molar-refractivity contribution in [2.75, 3.05) is 13.1 Å². The van der Waals surface area contributed by atoms with Crippen LogP contribution in [-0.2, 0) is 6.18 Å². The fourth-order valence-corrected chi connectivity index (χ4v) is 1.46. The average Bonchev–Trinajstić information content (AvgIpc) is 2.28. The van der Waals surface area contributed by atoms with E-state index < -0.39 is 17.8 Å². The Kier molecular flexibility index (Phi) is 4.89. The van der Waals surface area contributed by atoms with Crippen LogP contribution in [0.5, 0.6) is 0 Å². The van der Waals surface area contributed by atoms with E-state index in [1.807, 2.05) is 6.92 Å². The van der Waals surface area contributed by atoms with Crippen molar-refractivity contribution in [3.05, 3.63) is 29.6 Å². The zero-order chi connectivity index (χ0) is 12.9. The zero-order valence-corrected chi connectivity index (χ0v) is 9.46. The zero-order valence-electron chi connectivity index (χ0n) is 9.46. The molecule has 0 aliphatic rings. The van der Waals surface area contributed by atoms with Crippen LogP contribution in [0.15, 0.2) is 18.5 Å². The summed E-state index contributed by atoms with van der Waals surface area (Å²) in [6.45, 7) is 2.67. The third kappa shape index (κ3) is 3.98. The van der Waals surface area contributed by atoms with Gasteiger partial charge in [-0.25, -0.2) is 0 Å². The van der Waals surface area contributed by atoms with Gasteiger partial charge in [0, 0.05) is 24.5 Å². The van der Waals surface area contributed by atoms with Crippen molar-refractivity contribution in [3.63, 3.8) is 0 Å². The van der Waals surface area contributed by atoms with Gasteiger partial charge in [0.25, 0.3) is 0 Å². The minimum atomic E-state index is -4.47. The smallest absolute Gasteiger partial charge is 0.387 e. The number of nitrogens with one attached hydrogen (secondary N) is 1. The Hall–Kier alpha value is -1.14. The van der Waals surface area contributed by atoms with Crippen LogP contribution in [0.1, 0.15) is 30.6 Å². The van der Waals surface area contributed by atoms with E-state index >= 15 is 0 Å². The van der Waals surface area contributed by atoms with Crippen molar-refractivity contribution in [1.29, 1.82) is 0 Å². The molecular weight excluding hydrogens is 233 g/mol. The van der Waals surface area contributed by atoms with E-state index in [-0.39, 0.29) is 12.1 Å². The Bertz CT molecular complexity index is 355. The quantitative estimate of drug-likeness (QED) is 0.785.